The SMILES string of the molecule is C.c1cc(-c2nc(N3CCNCC3)no2)ccn1. The zero-order chi connectivity index (χ0) is 11.5. The molecule has 0 amide bonds. The summed E-state index contributed by atoms with van der Waals surface area (Å²) in [7, 11) is 0. The van der Waals surface area contributed by atoms with Gasteiger partial charge in [-0.2, -0.15) is 4.98 Å². The summed E-state index contributed by atoms with van der Waals surface area (Å²) in [4.78, 5) is 10.5. The van der Waals surface area contributed by atoms with Crippen LogP contribution in [0.4, 0.5) is 5.95 Å². The molecule has 1 fully saturated rings. The van der Waals surface area contributed by atoms with E-state index in [0.29, 0.717) is 11.8 Å². The van der Waals surface area contributed by atoms with E-state index in [9.17, 15) is 0 Å². The Bertz CT molecular complexity index is 478. The predicted octanol–water partition coefficient (Wildman–Crippen LogP) is 1.18. The number of hydrogen-bond acceptors (Lipinski definition) is 6. The van der Waals surface area contributed by atoms with Gasteiger partial charge in [-0.25, -0.2) is 0 Å². The minimum atomic E-state index is 0. The second-order valence-corrected chi connectivity index (χ2v) is 3.87. The molecule has 0 unspecified atom stereocenters. The number of rotatable bonds is 2. The van der Waals surface area contributed by atoms with Crippen molar-refractivity contribution in [3.05, 3.63) is 24.5 Å². The van der Waals surface area contributed by atoms with Gasteiger partial charge in [0.25, 0.3) is 11.8 Å². The van der Waals surface area contributed by atoms with E-state index in [2.05, 4.69) is 25.3 Å². The van der Waals surface area contributed by atoms with Crippen LogP contribution in [0.25, 0.3) is 11.5 Å². The summed E-state index contributed by atoms with van der Waals surface area (Å²) >= 11 is 0. The molecule has 2 aromatic rings. The van der Waals surface area contributed by atoms with Gasteiger partial charge in [0, 0.05) is 44.1 Å². The fourth-order valence-corrected chi connectivity index (χ4v) is 1.82. The van der Waals surface area contributed by atoms with Crippen molar-refractivity contribution in [2.24, 2.45) is 0 Å². The molecule has 1 saturated heterocycles. The van der Waals surface area contributed by atoms with Gasteiger partial charge in [-0.05, 0) is 17.3 Å². The molecule has 18 heavy (non-hydrogen) atoms. The van der Waals surface area contributed by atoms with E-state index in [1.807, 2.05) is 12.1 Å². The van der Waals surface area contributed by atoms with E-state index in [-0.39, 0.29) is 7.43 Å². The molecule has 2 aromatic heterocycles. The molecule has 96 valence electrons. The van der Waals surface area contributed by atoms with Gasteiger partial charge in [0.15, 0.2) is 0 Å². The Balaban J connectivity index is 0.00000120. The van der Waals surface area contributed by atoms with Gasteiger partial charge in [-0.1, -0.05) is 7.43 Å². The molecular formula is C12H17N5O. The van der Waals surface area contributed by atoms with Crippen LogP contribution in [-0.4, -0.2) is 41.3 Å². The second-order valence-electron chi connectivity index (χ2n) is 3.87. The summed E-state index contributed by atoms with van der Waals surface area (Å²) in [6.45, 7) is 3.74. The molecule has 0 atom stereocenters. The van der Waals surface area contributed by atoms with Crippen molar-refractivity contribution in [1.29, 1.82) is 0 Å². The summed E-state index contributed by atoms with van der Waals surface area (Å²) in [5.74, 6) is 1.21. The fourth-order valence-electron chi connectivity index (χ4n) is 1.82. The number of aromatic nitrogens is 3. The monoisotopic (exact) mass is 247 g/mol. The molecule has 0 saturated carbocycles. The lowest BCUT2D eigenvalue weighted by molar-refractivity contribution is 0.427. The first kappa shape index (κ1) is 12.5. The Labute approximate surface area is 106 Å². The van der Waals surface area contributed by atoms with Crippen molar-refractivity contribution >= 4 is 5.95 Å². The zero-order valence-electron chi connectivity index (χ0n) is 9.33. The van der Waals surface area contributed by atoms with Crippen molar-refractivity contribution in [2.45, 2.75) is 7.43 Å². The predicted molar refractivity (Wildman–Crippen MR) is 69.3 cm³/mol. The summed E-state index contributed by atoms with van der Waals surface area (Å²) in [6, 6.07) is 3.71. The minimum absolute atomic E-state index is 0. The highest BCUT2D eigenvalue weighted by molar-refractivity contribution is 5.53. The van der Waals surface area contributed by atoms with Crippen molar-refractivity contribution in [1.82, 2.24) is 20.4 Å². The van der Waals surface area contributed by atoms with Crippen LogP contribution in [0.3, 0.4) is 0 Å². The zero-order valence-corrected chi connectivity index (χ0v) is 9.33. The highest BCUT2D eigenvalue weighted by Crippen LogP contribution is 2.19. The van der Waals surface area contributed by atoms with Crippen LogP contribution < -0.4 is 10.2 Å². The van der Waals surface area contributed by atoms with Crippen molar-refractivity contribution in [2.75, 3.05) is 31.1 Å². The molecule has 1 aliphatic heterocycles. The van der Waals surface area contributed by atoms with Crippen LogP contribution in [0, 0.1) is 0 Å². The van der Waals surface area contributed by atoms with Crippen LogP contribution in [0.2, 0.25) is 0 Å². The van der Waals surface area contributed by atoms with Gasteiger partial charge in [-0.15, -0.1) is 0 Å². The lowest BCUT2D eigenvalue weighted by atomic mass is 10.3. The van der Waals surface area contributed by atoms with Crippen LogP contribution >= 0.6 is 0 Å². The highest BCUT2D eigenvalue weighted by Gasteiger charge is 2.16. The van der Waals surface area contributed by atoms with Crippen molar-refractivity contribution in [3.8, 4) is 11.5 Å². The maximum absolute atomic E-state index is 5.25. The van der Waals surface area contributed by atoms with Crippen LogP contribution in [-0.2, 0) is 0 Å². The van der Waals surface area contributed by atoms with E-state index in [0.717, 1.165) is 31.7 Å². The summed E-state index contributed by atoms with van der Waals surface area (Å²) in [6.07, 6.45) is 3.42. The molecule has 3 heterocycles. The molecule has 0 radical (unpaired) electrons. The highest BCUT2D eigenvalue weighted by atomic mass is 16.5. The lowest BCUT2D eigenvalue weighted by Gasteiger charge is -2.25. The maximum atomic E-state index is 5.25. The van der Waals surface area contributed by atoms with Crippen molar-refractivity contribution < 1.29 is 4.52 Å². The van der Waals surface area contributed by atoms with Gasteiger partial charge in [0.2, 0.25) is 0 Å². The van der Waals surface area contributed by atoms with E-state index in [1.54, 1.807) is 12.4 Å². The summed E-state index contributed by atoms with van der Waals surface area (Å²) in [5, 5.41) is 7.29. The third kappa shape index (κ3) is 2.48. The van der Waals surface area contributed by atoms with Gasteiger partial charge in [0.1, 0.15) is 0 Å². The molecule has 0 spiro atoms. The van der Waals surface area contributed by atoms with Gasteiger partial charge in [0.05, 0.1) is 0 Å². The van der Waals surface area contributed by atoms with Crippen LogP contribution in [0.1, 0.15) is 7.43 Å². The molecule has 0 bridgehead atoms. The number of piperazine rings is 1. The number of pyridine rings is 1. The molecule has 1 aliphatic rings. The third-order valence-electron chi connectivity index (χ3n) is 2.74. The largest absolute Gasteiger partial charge is 0.336 e. The summed E-state index contributed by atoms with van der Waals surface area (Å²) < 4.78 is 5.25. The fraction of sp³-hybridized carbons (Fsp3) is 0.417. The number of nitrogens with one attached hydrogen (secondary N) is 1. The van der Waals surface area contributed by atoms with Crippen LogP contribution in [0.5, 0.6) is 0 Å². The Morgan fingerprint density at radius 1 is 1.17 bits per heavy atom. The quantitative estimate of drug-likeness (QED) is 0.859. The Hall–Kier alpha value is -1.95. The molecule has 6 heteroatoms. The van der Waals surface area contributed by atoms with Gasteiger partial charge in [-0.3, -0.25) is 4.98 Å². The van der Waals surface area contributed by atoms with E-state index in [4.69, 9.17) is 4.52 Å². The summed E-state index contributed by atoms with van der Waals surface area (Å²) in [5.41, 5.74) is 0.897. The average Bonchev–Trinajstić information content (AvgIpc) is 2.90. The molecule has 0 aromatic carbocycles. The third-order valence-corrected chi connectivity index (χ3v) is 2.74. The van der Waals surface area contributed by atoms with E-state index >= 15 is 0 Å². The second kappa shape index (κ2) is 5.59. The smallest absolute Gasteiger partial charge is 0.266 e. The first-order valence-corrected chi connectivity index (χ1v) is 5.63. The Morgan fingerprint density at radius 3 is 2.61 bits per heavy atom. The topological polar surface area (TPSA) is 67.1 Å². The number of nitrogens with zero attached hydrogens (tertiary/aromatic N) is 4. The standard InChI is InChI=1S/C11H13N5O.CH4/c1-3-12-4-2-9(1)10-14-11(15-17-10)16-7-5-13-6-8-16;/h1-4,13H,5-8H2;1H4. The molecular weight excluding hydrogens is 230 g/mol. The van der Waals surface area contributed by atoms with Gasteiger partial charge < -0.3 is 14.7 Å². The first-order chi connectivity index (χ1) is 8.43. The van der Waals surface area contributed by atoms with E-state index < -0.39 is 0 Å². The molecule has 6 nitrogen and oxygen atoms in total. The normalized spacial score (nSPS) is 15.2. The molecule has 3 rings (SSSR count). The molecule has 1 N–H and O–H groups in total. The number of hydrogen-bond donors (Lipinski definition) is 1. The van der Waals surface area contributed by atoms with Crippen molar-refractivity contribution in [3.63, 3.8) is 0 Å². The lowest BCUT2D eigenvalue weighted by Crippen LogP contribution is -2.44. The minimum Gasteiger partial charge on any atom is -0.336 e. The average molecular weight is 247 g/mol. The number of anilines is 1. The Morgan fingerprint density at radius 2 is 1.89 bits per heavy atom. The van der Waals surface area contributed by atoms with E-state index in [1.165, 1.54) is 0 Å². The molecule has 0 aliphatic carbocycles. The Kier molecular flexibility index (Phi) is 3.88. The maximum Gasteiger partial charge on any atom is 0.266 e. The van der Waals surface area contributed by atoms with Crippen LogP contribution in [0.15, 0.2) is 29.0 Å². The first-order valence-electron chi connectivity index (χ1n) is 5.63. The van der Waals surface area contributed by atoms with Gasteiger partial charge >= 0.3 is 0 Å².